The van der Waals surface area contributed by atoms with Crippen LogP contribution in [0.4, 0.5) is 0 Å². The summed E-state index contributed by atoms with van der Waals surface area (Å²) in [5.74, 6) is -0.673. The Morgan fingerprint density at radius 1 is 1.60 bits per heavy atom. The fourth-order valence-electron chi connectivity index (χ4n) is 0.727. The van der Waals surface area contributed by atoms with Crippen LogP contribution >= 0.6 is 0 Å². The summed E-state index contributed by atoms with van der Waals surface area (Å²) in [6, 6.07) is 1.81. The van der Waals surface area contributed by atoms with Crippen LogP contribution in [0.1, 0.15) is 20.8 Å². The number of carbonyl (C=O) groups excluding carboxylic acids is 1. The number of rotatable bonds is 4. The second-order valence-electron chi connectivity index (χ2n) is 2.84. The minimum absolute atomic E-state index is 0. The van der Waals surface area contributed by atoms with E-state index in [4.69, 9.17) is 17.9 Å². The van der Waals surface area contributed by atoms with E-state index < -0.39 is 5.97 Å². The quantitative estimate of drug-likeness (QED) is 0.198. The summed E-state index contributed by atoms with van der Waals surface area (Å²) in [5.41, 5.74) is -0.143. The second kappa shape index (κ2) is 8.98. The third kappa shape index (κ3) is 6.74. The molecule has 0 fully saturated rings. The van der Waals surface area contributed by atoms with Crippen LogP contribution in [0.2, 0.25) is 0 Å². The minimum atomic E-state index is -0.673. The number of nitriles is 1. The van der Waals surface area contributed by atoms with E-state index in [1.165, 1.54) is 0 Å². The van der Waals surface area contributed by atoms with E-state index in [1.54, 1.807) is 13.0 Å². The maximum absolute atomic E-state index is 11.2. The van der Waals surface area contributed by atoms with Crippen molar-refractivity contribution in [1.82, 2.24) is 5.32 Å². The Bertz CT molecular complexity index is 284. The standard InChI is InChI=1S/C9H14N2O2S.Na/c1-4-13-9(12)7(5-10)8(14)11-6(2)3;/h6,11,14H,4H2,1-3H3;/q;+1/p-1/b8-7-;. The second-order valence-corrected chi connectivity index (χ2v) is 3.24. The molecule has 78 valence electrons. The van der Waals surface area contributed by atoms with Crippen molar-refractivity contribution in [2.45, 2.75) is 26.8 Å². The summed E-state index contributed by atoms with van der Waals surface area (Å²) in [5, 5.41) is 11.6. The Morgan fingerprint density at radius 2 is 2.13 bits per heavy atom. The zero-order chi connectivity index (χ0) is 11.1. The molecule has 0 amide bonds. The first-order valence-corrected chi connectivity index (χ1v) is 4.68. The predicted molar refractivity (Wildman–Crippen MR) is 54.9 cm³/mol. The van der Waals surface area contributed by atoms with E-state index in [0.717, 1.165) is 0 Å². The fraction of sp³-hybridized carbons (Fsp3) is 0.556. The molecule has 0 aliphatic heterocycles. The molecule has 0 aromatic carbocycles. The summed E-state index contributed by atoms with van der Waals surface area (Å²) < 4.78 is 4.67. The number of hydrogen-bond acceptors (Lipinski definition) is 5. The maximum Gasteiger partial charge on any atom is 1.00 e. The Labute approximate surface area is 118 Å². The van der Waals surface area contributed by atoms with Gasteiger partial charge in [0.2, 0.25) is 0 Å². The van der Waals surface area contributed by atoms with Crippen LogP contribution in [-0.2, 0) is 22.2 Å². The van der Waals surface area contributed by atoms with Crippen LogP contribution < -0.4 is 34.9 Å². The van der Waals surface area contributed by atoms with Gasteiger partial charge in [0.15, 0.2) is 0 Å². The Hall–Kier alpha value is -0.280. The fourth-order valence-corrected chi connectivity index (χ4v) is 1.09. The van der Waals surface area contributed by atoms with Gasteiger partial charge < -0.3 is 22.7 Å². The molecule has 0 bridgehead atoms. The molecule has 0 aromatic rings. The van der Waals surface area contributed by atoms with Crippen LogP contribution in [0, 0.1) is 11.3 Å². The van der Waals surface area contributed by atoms with Gasteiger partial charge in [-0.3, -0.25) is 0 Å². The molecule has 6 heteroatoms. The largest absolute Gasteiger partial charge is 1.00 e. The number of nitrogens with one attached hydrogen (secondary N) is 1. The number of hydrogen-bond donors (Lipinski definition) is 1. The Balaban J connectivity index is 0. The van der Waals surface area contributed by atoms with Gasteiger partial charge in [0.1, 0.15) is 11.6 Å². The van der Waals surface area contributed by atoms with Gasteiger partial charge in [0.05, 0.1) is 6.61 Å². The van der Waals surface area contributed by atoms with Crippen LogP contribution in [0.25, 0.3) is 0 Å². The Morgan fingerprint density at radius 3 is 2.47 bits per heavy atom. The summed E-state index contributed by atoms with van der Waals surface area (Å²) in [7, 11) is 0. The zero-order valence-corrected chi connectivity index (χ0v) is 12.3. The van der Waals surface area contributed by atoms with Gasteiger partial charge >= 0.3 is 35.5 Å². The van der Waals surface area contributed by atoms with Gasteiger partial charge in [-0.2, -0.15) is 5.26 Å². The van der Waals surface area contributed by atoms with E-state index in [-0.39, 0.29) is 52.8 Å². The molecule has 0 unspecified atom stereocenters. The van der Waals surface area contributed by atoms with Crippen molar-refractivity contribution in [3.05, 3.63) is 10.6 Å². The van der Waals surface area contributed by atoms with Crippen molar-refractivity contribution >= 4 is 18.6 Å². The van der Waals surface area contributed by atoms with E-state index in [9.17, 15) is 4.79 Å². The first kappa shape index (κ1) is 17.1. The smallest absolute Gasteiger partial charge is 0.761 e. The van der Waals surface area contributed by atoms with Gasteiger partial charge in [0.25, 0.3) is 0 Å². The summed E-state index contributed by atoms with van der Waals surface area (Å²) in [6.45, 7) is 5.64. The molecule has 0 aromatic heterocycles. The van der Waals surface area contributed by atoms with E-state index in [2.05, 4.69) is 10.1 Å². The molecular formula is C9H13N2NaO2S. The minimum Gasteiger partial charge on any atom is -0.761 e. The van der Waals surface area contributed by atoms with Gasteiger partial charge in [-0.15, -0.1) is 0 Å². The summed E-state index contributed by atoms with van der Waals surface area (Å²) in [6.07, 6.45) is 0. The molecule has 15 heavy (non-hydrogen) atoms. The molecule has 0 saturated heterocycles. The van der Waals surface area contributed by atoms with Crippen molar-refractivity contribution in [2.24, 2.45) is 0 Å². The molecule has 1 N–H and O–H groups in total. The first-order valence-electron chi connectivity index (χ1n) is 4.28. The number of ether oxygens (including phenoxy) is 1. The summed E-state index contributed by atoms with van der Waals surface area (Å²) >= 11 is 4.87. The Kier molecular flexibility index (Phi) is 10.3. The molecule has 0 heterocycles. The van der Waals surface area contributed by atoms with Gasteiger partial charge in [-0.25, -0.2) is 4.79 Å². The predicted octanol–water partition coefficient (Wildman–Crippen LogP) is -2.17. The molecule has 4 nitrogen and oxygen atoms in total. The van der Waals surface area contributed by atoms with Crippen LogP contribution in [0.3, 0.4) is 0 Å². The molecule has 0 radical (unpaired) electrons. The first-order chi connectivity index (χ1) is 6.52. The molecule has 0 saturated carbocycles. The molecule has 0 spiro atoms. The third-order valence-corrected chi connectivity index (χ3v) is 1.56. The van der Waals surface area contributed by atoms with Crippen molar-refractivity contribution in [3.8, 4) is 6.07 Å². The van der Waals surface area contributed by atoms with Gasteiger partial charge in [-0.05, 0) is 20.8 Å². The number of carbonyl (C=O) groups is 1. The van der Waals surface area contributed by atoms with Gasteiger partial charge in [-0.1, -0.05) is 5.03 Å². The maximum atomic E-state index is 11.2. The molecular weight excluding hydrogens is 223 g/mol. The van der Waals surface area contributed by atoms with Gasteiger partial charge in [0, 0.05) is 6.04 Å². The summed E-state index contributed by atoms with van der Waals surface area (Å²) in [4.78, 5) is 11.2. The average molecular weight is 236 g/mol. The van der Waals surface area contributed by atoms with E-state index >= 15 is 0 Å². The third-order valence-electron chi connectivity index (χ3n) is 1.24. The molecule has 0 rings (SSSR count). The van der Waals surface area contributed by atoms with Crippen LogP contribution in [0.5, 0.6) is 0 Å². The SMILES string of the molecule is CCOC(=O)/C(C#N)=C(\[S-])NC(C)C.[Na+]. The monoisotopic (exact) mass is 236 g/mol. The van der Waals surface area contributed by atoms with Crippen molar-refractivity contribution < 1.29 is 39.1 Å². The average Bonchev–Trinajstić information content (AvgIpc) is 2.04. The van der Waals surface area contributed by atoms with Crippen molar-refractivity contribution in [3.63, 3.8) is 0 Å². The van der Waals surface area contributed by atoms with Crippen LogP contribution in [-0.4, -0.2) is 18.6 Å². The zero-order valence-electron chi connectivity index (χ0n) is 9.46. The number of esters is 1. The normalized spacial score (nSPS) is 10.9. The van der Waals surface area contributed by atoms with Crippen molar-refractivity contribution in [2.75, 3.05) is 6.61 Å². The molecule has 0 aliphatic carbocycles. The van der Waals surface area contributed by atoms with E-state index in [0.29, 0.717) is 0 Å². The van der Waals surface area contributed by atoms with E-state index in [1.807, 2.05) is 13.8 Å². The van der Waals surface area contributed by atoms with Crippen LogP contribution in [0.15, 0.2) is 10.6 Å². The molecule has 0 aliphatic rings. The topological polar surface area (TPSA) is 62.1 Å². The molecule has 0 atom stereocenters. The number of nitrogens with zero attached hydrogens (tertiary/aromatic N) is 1. The van der Waals surface area contributed by atoms with Crippen molar-refractivity contribution in [1.29, 1.82) is 5.26 Å².